The Kier molecular flexibility index (Phi) is 5.41. The Bertz CT molecular complexity index is 1080. The molecule has 0 atom stereocenters. The van der Waals surface area contributed by atoms with Gasteiger partial charge in [-0.05, 0) is 42.5 Å². The average Bonchev–Trinajstić information content (AvgIpc) is 3.37. The predicted molar refractivity (Wildman–Crippen MR) is 118 cm³/mol. The summed E-state index contributed by atoms with van der Waals surface area (Å²) in [4.78, 5) is 14.1. The van der Waals surface area contributed by atoms with Crippen LogP contribution < -0.4 is 24.4 Å². The van der Waals surface area contributed by atoms with Gasteiger partial charge in [0.1, 0.15) is 11.6 Å². The first-order valence-corrected chi connectivity index (χ1v) is 10.1. The van der Waals surface area contributed by atoms with Gasteiger partial charge in [0.05, 0.1) is 44.2 Å². The molecule has 1 fully saturated rings. The molecule has 0 bridgehead atoms. The molecule has 2 aliphatic heterocycles. The van der Waals surface area contributed by atoms with Crippen LogP contribution in [0.4, 0.5) is 5.69 Å². The van der Waals surface area contributed by atoms with E-state index in [1.807, 2.05) is 23.6 Å². The van der Waals surface area contributed by atoms with Crippen LogP contribution in [0.1, 0.15) is 12.0 Å². The summed E-state index contributed by atoms with van der Waals surface area (Å²) in [6.07, 6.45) is 0.174. The topological polar surface area (TPSA) is 83.9 Å². The second-order valence-electron chi connectivity index (χ2n) is 6.60. The Balaban J connectivity index is 1.57. The summed E-state index contributed by atoms with van der Waals surface area (Å²) in [7, 11) is 4.78. The lowest BCUT2D eigenvalue weighted by molar-refractivity contribution is -0.116. The molecular weight excluding hydrogens is 402 g/mol. The summed E-state index contributed by atoms with van der Waals surface area (Å²) in [6.45, 7) is 0. The number of hydrogen-bond acceptors (Lipinski definition) is 7. The van der Waals surface area contributed by atoms with Gasteiger partial charge in [-0.1, -0.05) is 11.8 Å². The molecule has 4 rings (SSSR count). The van der Waals surface area contributed by atoms with Crippen LogP contribution in [0.2, 0.25) is 0 Å². The average molecular weight is 423 g/mol. The smallest absolute Gasteiger partial charge is 0.237 e. The van der Waals surface area contributed by atoms with Crippen LogP contribution in [0, 0.1) is 5.41 Å². The number of anilines is 1. The van der Waals surface area contributed by atoms with E-state index in [9.17, 15) is 4.79 Å². The number of nitrogens with one attached hydrogen (secondary N) is 2. The molecule has 2 heterocycles. The molecular formula is C22H21N3O4S. The molecule has 0 aliphatic carbocycles. The second-order valence-corrected chi connectivity index (χ2v) is 7.48. The van der Waals surface area contributed by atoms with E-state index < -0.39 is 0 Å². The van der Waals surface area contributed by atoms with Gasteiger partial charge in [0, 0.05) is 16.5 Å². The molecule has 154 valence electrons. The zero-order valence-corrected chi connectivity index (χ0v) is 17.6. The van der Waals surface area contributed by atoms with Crippen molar-refractivity contribution in [1.82, 2.24) is 5.32 Å². The van der Waals surface area contributed by atoms with E-state index in [1.165, 1.54) is 16.7 Å². The van der Waals surface area contributed by atoms with Gasteiger partial charge in [-0.3, -0.25) is 15.1 Å². The van der Waals surface area contributed by atoms with E-state index in [2.05, 4.69) is 5.32 Å². The standard InChI is InChI=1S/C22H21N3O4S/c1-27-15-7-5-14(6-8-15)25-20(26)11-16(21(25)23)22-24-17(12-30-22)13-4-9-18(28-2)19(10-13)29-3/h4-10,12,23-24H,11H2,1-3H3/b22-16-,23-21?. The molecule has 7 nitrogen and oxygen atoms in total. The van der Waals surface area contributed by atoms with Crippen LogP contribution in [-0.2, 0) is 4.79 Å². The van der Waals surface area contributed by atoms with Gasteiger partial charge in [0.15, 0.2) is 11.5 Å². The fourth-order valence-electron chi connectivity index (χ4n) is 3.36. The highest BCUT2D eigenvalue weighted by Gasteiger charge is 2.35. The number of amides is 1. The lowest BCUT2D eigenvalue weighted by atomic mass is 10.1. The van der Waals surface area contributed by atoms with Crippen molar-refractivity contribution in [3.05, 3.63) is 64.0 Å². The maximum atomic E-state index is 12.6. The molecule has 0 spiro atoms. The largest absolute Gasteiger partial charge is 0.497 e. The van der Waals surface area contributed by atoms with Crippen molar-refractivity contribution in [2.24, 2.45) is 0 Å². The van der Waals surface area contributed by atoms with Crippen LogP contribution in [0.5, 0.6) is 17.2 Å². The summed E-state index contributed by atoms with van der Waals surface area (Å²) in [5.74, 6) is 2.05. The van der Waals surface area contributed by atoms with Crippen molar-refractivity contribution in [1.29, 1.82) is 5.41 Å². The first-order valence-electron chi connectivity index (χ1n) is 9.21. The number of ether oxygens (including phenoxy) is 3. The summed E-state index contributed by atoms with van der Waals surface area (Å²) in [5.41, 5.74) is 3.13. The molecule has 8 heteroatoms. The number of benzene rings is 2. The molecule has 0 unspecified atom stereocenters. The Labute approximate surface area is 178 Å². The first-order chi connectivity index (χ1) is 14.5. The molecule has 30 heavy (non-hydrogen) atoms. The molecule has 1 saturated heterocycles. The lowest BCUT2D eigenvalue weighted by Crippen LogP contribution is -2.28. The van der Waals surface area contributed by atoms with Crippen molar-refractivity contribution in [2.45, 2.75) is 6.42 Å². The number of methoxy groups -OCH3 is 3. The van der Waals surface area contributed by atoms with Gasteiger partial charge >= 0.3 is 0 Å². The van der Waals surface area contributed by atoms with E-state index >= 15 is 0 Å². The van der Waals surface area contributed by atoms with Crippen molar-refractivity contribution < 1.29 is 19.0 Å². The van der Waals surface area contributed by atoms with Crippen LogP contribution in [0.3, 0.4) is 0 Å². The number of thioether (sulfide) groups is 1. The van der Waals surface area contributed by atoms with Gasteiger partial charge in [-0.25, -0.2) is 0 Å². The fraction of sp³-hybridized carbons (Fsp3) is 0.182. The first kappa shape index (κ1) is 19.9. The Hall–Kier alpha value is -3.39. The minimum atomic E-state index is -0.130. The Morgan fingerprint density at radius 1 is 1.00 bits per heavy atom. The minimum Gasteiger partial charge on any atom is -0.497 e. The Morgan fingerprint density at radius 3 is 2.40 bits per heavy atom. The quantitative estimate of drug-likeness (QED) is 0.757. The third-order valence-electron chi connectivity index (χ3n) is 4.93. The molecule has 2 aromatic carbocycles. The van der Waals surface area contributed by atoms with Crippen molar-refractivity contribution in [3.8, 4) is 17.2 Å². The third-order valence-corrected chi connectivity index (χ3v) is 5.87. The normalized spacial score (nSPS) is 18.4. The fourth-order valence-corrected chi connectivity index (χ4v) is 4.27. The molecule has 0 radical (unpaired) electrons. The van der Waals surface area contributed by atoms with E-state index in [0.717, 1.165) is 16.3 Å². The summed E-state index contributed by atoms with van der Waals surface area (Å²) < 4.78 is 15.8. The highest BCUT2D eigenvalue weighted by Crippen LogP contribution is 2.39. The predicted octanol–water partition coefficient (Wildman–Crippen LogP) is 3.97. The summed E-state index contributed by atoms with van der Waals surface area (Å²) >= 11 is 1.47. The number of carbonyl (C=O) groups is 1. The minimum absolute atomic E-state index is 0.130. The molecule has 0 saturated carbocycles. The monoisotopic (exact) mass is 423 g/mol. The number of hydrogen-bond donors (Lipinski definition) is 2. The summed E-state index contributed by atoms with van der Waals surface area (Å²) in [6, 6.07) is 12.8. The van der Waals surface area contributed by atoms with Gasteiger partial charge < -0.3 is 19.5 Å². The number of nitrogens with zero attached hydrogens (tertiary/aromatic N) is 1. The molecule has 2 aliphatic rings. The van der Waals surface area contributed by atoms with Gasteiger partial charge in [0.2, 0.25) is 5.91 Å². The molecule has 2 aromatic rings. The van der Waals surface area contributed by atoms with Crippen molar-refractivity contribution in [3.63, 3.8) is 0 Å². The number of carbonyl (C=O) groups excluding carboxylic acids is 1. The molecule has 2 N–H and O–H groups in total. The van der Waals surface area contributed by atoms with E-state index in [-0.39, 0.29) is 18.2 Å². The SMILES string of the molecule is COc1ccc(N2C(=N)/C(=C3/NC(c4ccc(OC)c(OC)c4)=CS3)CC2=O)cc1. The van der Waals surface area contributed by atoms with Crippen LogP contribution in [0.25, 0.3) is 5.70 Å². The van der Waals surface area contributed by atoms with Crippen molar-refractivity contribution >= 4 is 34.9 Å². The van der Waals surface area contributed by atoms with Gasteiger partial charge in [-0.2, -0.15) is 0 Å². The van der Waals surface area contributed by atoms with Crippen LogP contribution >= 0.6 is 11.8 Å². The van der Waals surface area contributed by atoms with Gasteiger partial charge in [-0.15, -0.1) is 0 Å². The maximum absolute atomic E-state index is 12.6. The number of rotatable bonds is 5. The van der Waals surface area contributed by atoms with Crippen LogP contribution in [-0.4, -0.2) is 33.1 Å². The zero-order valence-electron chi connectivity index (χ0n) is 16.8. The van der Waals surface area contributed by atoms with E-state index in [4.69, 9.17) is 19.6 Å². The molecule has 1 amide bonds. The molecule has 0 aromatic heterocycles. The van der Waals surface area contributed by atoms with Crippen molar-refractivity contribution in [2.75, 3.05) is 26.2 Å². The third kappa shape index (κ3) is 3.50. The Morgan fingerprint density at radius 2 is 1.73 bits per heavy atom. The highest BCUT2D eigenvalue weighted by atomic mass is 32.2. The van der Waals surface area contributed by atoms with Crippen LogP contribution in [0.15, 0.2) is 58.5 Å². The second kappa shape index (κ2) is 8.16. The highest BCUT2D eigenvalue weighted by molar-refractivity contribution is 8.06. The number of amidine groups is 1. The van der Waals surface area contributed by atoms with E-state index in [0.29, 0.717) is 28.5 Å². The zero-order chi connectivity index (χ0) is 21.3. The van der Waals surface area contributed by atoms with E-state index in [1.54, 1.807) is 45.6 Å². The maximum Gasteiger partial charge on any atom is 0.237 e. The van der Waals surface area contributed by atoms with Gasteiger partial charge in [0.25, 0.3) is 0 Å². The summed E-state index contributed by atoms with van der Waals surface area (Å²) in [5, 5.41) is 14.7. The lowest BCUT2D eigenvalue weighted by Gasteiger charge is -2.16.